The van der Waals surface area contributed by atoms with Crippen molar-refractivity contribution in [3.8, 4) is 11.5 Å². The maximum Gasteiger partial charge on any atom is 0.296 e. The number of nitrogens with zero attached hydrogens (tertiary/aromatic N) is 2. The number of aromatic hydroxyl groups is 1. The molecule has 0 heterocycles. The van der Waals surface area contributed by atoms with E-state index in [0.717, 1.165) is 6.07 Å². The summed E-state index contributed by atoms with van der Waals surface area (Å²) >= 11 is 6.02. The molecule has 0 bridgehead atoms. The number of nitrogens with one attached hydrogen (secondary N) is 1. The average Bonchev–Trinajstić information content (AvgIpc) is 2.87. The summed E-state index contributed by atoms with van der Waals surface area (Å²) in [6.45, 7) is 1.81. The predicted molar refractivity (Wildman–Crippen MR) is 141 cm³/mol. The topological polar surface area (TPSA) is 138 Å². The zero-order valence-electron chi connectivity index (χ0n) is 19.8. The van der Waals surface area contributed by atoms with Crippen molar-refractivity contribution in [3.63, 3.8) is 0 Å². The molecule has 0 fully saturated rings. The number of phenolic OH excluding ortho intramolecular Hbond substituents is 1. The summed E-state index contributed by atoms with van der Waals surface area (Å²) in [5.74, 6) is -0.352. The van der Waals surface area contributed by atoms with Crippen LogP contribution in [0.15, 0.2) is 81.9 Å². The van der Waals surface area contributed by atoms with Gasteiger partial charge >= 0.3 is 0 Å². The standard InChI is InChI=1S/C26H22ClN3O6S/c1-3-15-13-21(27)23(37(33,34)35)14-22(15)29-30-24-19-7-5-4-6-16(19)12-20(25(24)31)26(32)28-17-8-10-18(36-2)11-9-17/h4-14,31H,3H2,1-2H3,(H,28,32)(H,33,34,35). The zero-order chi connectivity index (χ0) is 26.7. The van der Waals surface area contributed by atoms with Gasteiger partial charge in [-0.3, -0.25) is 9.35 Å². The molecule has 37 heavy (non-hydrogen) atoms. The van der Waals surface area contributed by atoms with Crippen molar-refractivity contribution in [2.24, 2.45) is 10.2 Å². The van der Waals surface area contributed by atoms with Crippen LogP contribution in [0.3, 0.4) is 0 Å². The molecule has 0 atom stereocenters. The number of hydrogen-bond donors (Lipinski definition) is 3. The van der Waals surface area contributed by atoms with Gasteiger partial charge in [0.2, 0.25) is 0 Å². The van der Waals surface area contributed by atoms with Crippen molar-refractivity contribution in [1.29, 1.82) is 0 Å². The van der Waals surface area contributed by atoms with Crippen LogP contribution in [0.2, 0.25) is 5.02 Å². The molecule has 4 aromatic rings. The van der Waals surface area contributed by atoms with E-state index in [0.29, 0.717) is 34.2 Å². The molecular weight excluding hydrogens is 518 g/mol. The number of rotatable bonds is 7. The summed E-state index contributed by atoms with van der Waals surface area (Å²) in [6, 6.07) is 17.7. The monoisotopic (exact) mass is 539 g/mol. The predicted octanol–water partition coefficient (Wildman–Crippen LogP) is 6.68. The van der Waals surface area contributed by atoms with E-state index >= 15 is 0 Å². The minimum atomic E-state index is -4.60. The number of aryl methyl sites for hydroxylation is 1. The summed E-state index contributed by atoms with van der Waals surface area (Å²) in [4.78, 5) is 12.6. The lowest BCUT2D eigenvalue weighted by molar-refractivity contribution is 0.102. The number of ether oxygens (including phenoxy) is 1. The number of anilines is 1. The van der Waals surface area contributed by atoms with Gasteiger partial charge < -0.3 is 15.2 Å². The maximum atomic E-state index is 13.1. The molecule has 0 aromatic heterocycles. The highest BCUT2D eigenvalue weighted by Gasteiger charge is 2.20. The van der Waals surface area contributed by atoms with E-state index in [1.807, 2.05) is 6.92 Å². The Morgan fingerprint density at radius 3 is 2.41 bits per heavy atom. The number of phenols is 1. The number of azo groups is 1. The second kappa shape index (κ2) is 10.6. The normalized spacial score (nSPS) is 11.7. The van der Waals surface area contributed by atoms with Gasteiger partial charge in [0.25, 0.3) is 16.0 Å². The van der Waals surface area contributed by atoms with Crippen LogP contribution in [0, 0.1) is 0 Å². The van der Waals surface area contributed by atoms with Gasteiger partial charge in [-0.25, -0.2) is 0 Å². The molecule has 0 aliphatic rings. The van der Waals surface area contributed by atoms with Crippen LogP contribution in [0.1, 0.15) is 22.8 Å². The van der Waals surface area contributed by atoms with Crippen LogP contribution >= 0.6 is 11.6 Å². The molecule has 0 saturated carbocycles. The minimum Gasteiger partial charge on any atom is -0.505 e. The van der Waals surface area contributed by atoms with Gasteiger partial charge in [0.1, 0.15) is 16.3 Å². The van der Waals surface area contributed by atoms with E-state index in [4.69, 9.17) is 16.3 Å². The van der Waals surface area contributed by atoms with Crippen molar-refractivity contribution in [2.45, 2.75) is 18.2 Å². The van der Waals surface area contributed by atoms with E-state index in [1.54, 1.807) is 54.6 Å². The fourth-order valence-corrected chi connectivity index (χ4v) is 4.77. The molecule has 3 N–H and O–H groups in total. The number of halogens is 1. The highest BCUT2D eigenvalue weighted by atomic mass is 35.5. The van der Waals surface area contributed by atoms with Gasteiger partial charge in [0.05, 0.1) is 23.4 Å². The van der Waals surface area contributed by atoms with E-state index in [2.05, 4.69) is 15.5 Å². The Bertz CT molecular complexity index is 1640. The van der Waals surface area contributed by atoms with Crippen molar-refractivity contribution in [1.82, 2.24) is 0 Å². The molecule has 190 valence electrons. The van der Waals surface area contributed by atoms with Crippen LogP contribution in [0.25, 0.3) is 10.8 Å². The van der Waals surface area contributed by atoms with E-state index in [-0.39, 0.29) is 22.0 Å². The summed E-state index contributed by atoms with van der Waals surface area (Å²) in [5, 5.41) is 23.1. The number of carbonyl (C=O) groups is 1. The number of benzene rings is 4. The first-order chi connectivity index (χ1) is 17.6. The first kappa shape index (κ1) is 26.1. The molecule has 0 unspecified atom stereocenters. The number of fused-ring (bicyclic) bond motifs is 1. The van der Waals surface area contributed by atoms with Gasteiger partial charge in [-0.1, -0.05) is 42.8 Å². The minimum absolute atomic E-state index is 0.0170. The summed E-state index contributed by atoms with van der Waals surface area (Å²) < 4.78 is 38.1. The van der Waals surface area contributed by atoms with E-state index < -0.39 is 26.7 Å². The Morgan fingerprint density at radius 2 is 1.76 bits per heavy atom. The molecule has 11 heteroatoms. The molecule has 0 aliphatic carbocycles. The Kier molecular flexibility index (Phi) is 7.44. The Labute approximate surface area is 218 Å². The highest BCUT2D eigenvalue weighted by Crippen LogP contribution is 2.40. The van der Waals surface area contributed by atoms with Crippen LogP contribution in [-0.4, -0.2) is 31.1 Å². The van der Waals surface area contributed by atoms with Crippen LogP contribution in [0.5, 0.6) is 11.5 Å². The third-order valence-corrected chi connectivity index (χ3v) is 6.96. The van der Waals surface area contributed by atoms with Crippen LogP contribution < -0.4 is 10.1 Å². The maximum absolute atomic E-state index is 13.1. The molecule has 1 amide bonds. The average molecular weight is 540 g/mol. The van der Waals surface area contributed by atoms with Crippen molar-refractivity contribution < 1.29 is 27.6 Å². The second-order valence-electron chi connectivity index (χ2n) is 7.97. The van der Waals surface area contributed by atoms with Crippen LogP contribution in [0.4, 0.5) is 17.1 Å². The van der Waals surface area contributed by atoms with Gasteiger partial charge in [-0.15, -0.1) is 5.11 Å². The number of carbonyl (C=O) groups excluding carboxylic acids is 1. The van der Waals surface area contributed by atoms with Gasteiger partial charge in [-0.2, -0.15) is 13.5 Å². The molecule has 0 saturated heterocycles. The van der Waals surface area contributed by atoms with E-state index in [9.17, 15) is 22.9 Å². The van der Waals surface area contributed by atoms with Gasteiger partial charge in [0.15, 0.2) is 5.75 Å². The van der Waals surface area contributed by atoms with Gasteiger partial charge in [-0.05, 0) is 59.8 Å². The molecule has 0 aliphatic heterocycles. The highest BCUT2D eigenvalue weighted by molar-refractivity contribution is 7.86. The lowest BCUT2D eigenvalue weighted by Gasteiger charge is -2.12. The molecule has 4 rings (SSSR count). The largest absolute Gasteiger partial charge is 0.505 e. The number of amides is 1. The van der Waals surface area contributed by atoms with E-state index in [1.165, 1.54) is 13.2 Å². The fraction of sp³-hybridized carbons (Fsp3) is 0.115. The van der Waals surface area contributed by atoms with Gasteiger partial charge in [0, 0.05) is 11.1 Å². The molecule has 0 radical (unpaired) electrons. The van der Waals surface area contributed by atoms with Crippen molar-refractivity contribution in [2.75, 3.05) is 12.4 Å². The fourth-order valence-electron chi connectivity index (χ4n) is 3.73. The zero-order valence-corrected chi connectivity index (χ0v) is 21.3. The number of hydrogen-bond acceptors (Lipinski definition) is 7. The van der Waals surface area contributed by atoms with Crippen LogP contribution in [-0.2, 0) is 16.5 Å². The lowest BCUT2D eigenvalue weighted by Crippen LogP contribution is -2.12. The summed E-state index contributed by atoms with van der Waals surface area (Å²) in [6.07, 6.45) is 0.441. The van der Waals surface area contributed by atoms with Crippen molar-refractivity contribution in [3.05, 3.63) is 82.9 Å². The Morgan fingerprint density at radius 1 is 1.05 bits per heavy atom. The summed E-state index contributed by atoms with van der Waals surface area (Å²) in [5.41, 5.74) is 1.18. The molecule has 4 aromatic carbocycles. The third-order valence-electron chi connectivity index (χ3n) is 5.64. The Balaban J connectivity index is 1.80. The lowest BCUT2D eigenvalue weighted by atomic mass is 10.0. The summed E-state index contributed by atoms with van der Waals surface area (Å²) in [7, 11) is -3.07. The third kappa shape index (κ3) is 5.56. The first-order valence-electron chi connectivity index (χ1n) is 11.0. The smallest absolute Gasteiger partial charge is 0.296 e. The molecule has 0 spiro atoms. The second-order valence-corrected chi connectivity index (χ2v) is 9.76. The molecule has 9 nitrogen and oxygen atoms in total. The Hall–Kier alpha value is -3.99. The first-order valence-corrected chi connectivity index (χ1v) is 12.9. The van der Waals surface area contributed by atoms with Crippen molar-refractivity contribution >= 4 is 55.5 Å². The quantitative estimate of drug-likeness (QED) is 0.177. The SMILES string of the molecule is CCc1cc(Cl)c(S(=O)(=O)O)cc1N=Nc1c(O)c(C(=O)Nc2ccc(OC)cc2)cc2ccccc12. The number of methoxy groups -OCH3 is 1. The molecular formula is C26H22ClN3O6S.